The van der Waals surface area contributed by atoms with E-state index in [1.54, 1.807) is 11.9 Å². The number of unbranched alkanes of at least 4 members (excludes halogenated alkanes) is 3. The summed E-state index contributed by atoms with van der Waals surface area (Å²) in [6.45, 7) is 9.04. The van der Waals surface area contributed by atoms with Gasteiger partial charge in [0.2, 0.25) is 0 Å². The third kappa shape index (κ3) is 10.7. The van der Waals surface area contributed by atoms with Crippen LogP contribution in [0.2, 0.25) is 0 Å². The second-order valence-electron chi connectivity index (χ2n) is 9.63. The Kier molecular flexibility index (Phi) is 12.5. The largest absolute Gasteiger partial charge is 0.377 e. The molecular formula is C24H45FN4OS. The molecule has 0 spiro atoms. The molecule has 0 aromatic rings. The van der Waals surface area contributed by atoms with E-state index in [1.807, 2.05) is 19.5 Å². The van der Waals surface area contributed by atoms with E-state index >= 15 is 0 Å². The molecule has 1 heterocycles. The maximum Gasteiger partial charge on any atom is 0.113 e. The van der Waals surface area contributed by atoms with Crippen molar-refractivity contribution in [2.45, 2.75) is 88.8 Å². The summed E-state index contributed by atoms with van der Waals surface area (Å²) in [5.74, 6) is 0.541. The molecular weight excluding hydrogens is 411 g/mol. The maximum atomic E-state index is 13.8. The Bertz CT molecular complexity index is 538. The maximum absolute atomic E-state index is 13.8. The van der Waals surface area contributed by atoms with Crippen LogP contribution < -0.4 is 10.5 Å². The summed E-state index contributed by atoms with van der Waals surface area (Å²) in [5.41, 5.74) is 5.85. The molecule has 1 aliphatic heterocycles. The van der Waals surface area contributed by atoms with E-state index in [1.165, 1.54) is 25.7 Å². The van der Waals surface area contributed by atoms with E-state index in [2.05, 4.69) is 28.1 Å². The Balaban J connectivity index is 1.66. The summed E-state index contributed by atoms with van der Waals surface area (Å²) < 4.78 is 23.4. The number of allylic oxidation sites excluding steroid dienone is 1. The Morgan fingerprint density at radius 3 is 2.84 bits per heavy atom. The lowest BCUT2D eigenvalue weighted by Gasteiger charge is -2.24. The van der Waals surface area contributed by atoms with Crippen molar-refractivity contribution in [1.82, 2.24) is 9.62 Å². The van der Waals surface area contributed by atoms with Gasteiger partial charge in [-0.2, -0.15) is 0 Å². The van der Waals surface area contributed by atoms with Crippen LogP contribution in [0, 0.1) is 11.3 Å². The number of nitrogens with one attached hydrogen (secondary N) is 1. The monoisotopic (exact) mass is 456 g/mol. The highest BCUT2D eigenvalue weighted by Crippen LogP contribution is 2.52. The summed E-state index contributed by atoms with van der Waals surface area (Å²) in [6, 6.07) is 0. The Labute approximate surface area is 194 Å². The number of rotatable bonds is 18. The number of nitrogens with two attached hydrogens (primary N) is 1. The van der Waals surface area contributed by atoms with Crippen LogP contribution in [0.4, 0.5) is 4.39 Å². The quantitative estimate of drug-likeness (QED) is 0.174. The zero-order valence-electron chi connectivity index (χ0n) is 19.7. The summed E-state index contributed by atoms with van der Waals surface area (Å²) in [5, 5.41) is 0.279. The molecule has 0 bridgehead atoms. The van der Waals surface area contributed by atoms with Gasteiger partial charge in [0.1, 0.15) is 11.5 Å². The number of hydrogen-bond donors (Lipinski definition) is 2. The van der Waals surface area contributed by atoms with Gasteiger partial charge in [0, 0.05) is 25.6 Å². The number of alkyl halides is 1. The predicted molar refractivity (Wildman–Crippen MR) is 132 cm³/mol. The molecule has 0 radical (unpaired) electrons. The second kappa shape index (κ2) is 14.5. The van der Waals surface area contributed by atoms with E-state index in [9.17, 15) is 4.39 Å². The minimum atomic E-state index is -0.662. The Morgan fingerprint density at radius 1 is 1.39 bits per heavy atom. The Morgan fingerprint density at radius 2 is 2.19 bits per heavy atom. The van der Waals surface area contributed by atoms with Crippen LogP contribution in [-0.4, -0.2) is 62.2 Å². The van der Waals surface area contributed by atoms with Crippen molar-refractivity contribution >= 4 is 18.3 Å². The van der Waals surface area contributed by atoms with Crippen LogP contribution in [0.3, 0.4) is 0 Å². The minimum absolute atomic E-state index is 0.119. The second-order valence-corrected chi connectivity index (χ2v) is 10.7. The van der Waals surface area contributed by atoms with E-state index in [0.29, 0.717) is 18.9 Å². The fraction of sp³-hybridized carbons (Fsp3) is 0.875. The zero-order chi connectivity index (χ0) is 22.5. The van der Waals surface area contributed by atoms with Gasteiger partial charge in [-0.15, -0.1) is 6.58 Å². The van der Waals surface area contributed by atoms with Crippen LogP contribution in [0.15, 0.2) is 17.6 Å². The molecule has 2 rings (SSSR count). The molecule has 7 heteroatoms. The number of aliphatic imine (C=N–C) groups is 1. The molecule has 0 amide bonds. The molecule has 0 aromatic carbocycles. The molecule has 0 saturated heterocycles. The predicted octanol–water partition coefficient (Wildman–Crippen LogP) is 4.93. The third-order valence-corrected chi connectivity index (χ3v) is 7.62. The van der Waals surface area contributed by atoms with Crippen molar-refractivity contribution in [1.29, 1.82) is 0 Å². The lowest BCUT2D eigenvalue weighted by atomic mass is 9.91. The highest BCUT2D eigenvalue weighted by molar-refractivity contribution is 7.98. The fourth-order valence-corrected chi connectivity index (χ4v) is 4.90. The highest BCUT2D eigenvalue weighted by Gasteiger charge is 2.51. The molecule has 3 N–H and O–H groups in total. The first kappa shape index (κ1) is 26.6. The zero-order valence-corrected chi connectivity index (χ0v) is 20.6. The smallest absolute Gasteiger partial charge is 0.113 e. The molecule has 5 nitrogen and oxygen atoms in total. The lowest BCUT2D eigenvalue weighted by Crippen LogP contribution is -2.28. The van der Waals surface area contributed by atoms with Gasteiger partial charge >= 0.3 is 0 Å². The molecule has 0 aromatic heterocycles. The average Bonchev–Trinajstić information content (AvgIpc) is 3.36. The summed E-state index contributed by atoms with van der Waals surface area (Å²) in [4.78, 5) is 6.62. The van der Waals surface area contributed by atoms with E-state index in [4.69, 9.17) is 10.5 Å². The molecule has 1 unspecified atom stereocenters. The summed E-state index contributed by atoms with van der Waals surface area (Å²) in [7, 11) is 2.05. The molecule has 180 valence electrons. The molecule has 1 saturated carbocycles. The van der Waals surface area contributed by atoms with Crippen molar-refractivity contribution in [3.63, 3.8) is 0 Å². The van der Waals surface area contributed by atoms with Gasteiger partial charge < -0.3 is 15.4 Å². The van der Waals surface area contributed by atoms with Gasteiger partial charge in [-0.05, 0) is 63.8 Å². The Hall–Kier alpha value is -0.630. The van der Waals surface area contributed by atoms with Crippen LogP contribution >= 0.6 is 11.9 Å². The van der Waals surface area contributed by atoms with Gasteiger partial charge in [-0.25, -0.2) is 4.39 Å². The number of halogens is 1. The molecule has 2 aliphatic rings. The number of ether oxygens (including phenoxy) is 1. The van der Waals surface area contributed by atoms with Crippen LogP contribution in [0.25, 0.3) is 0 Å². The third-order valence-electron chi connectivity index (χ3n) is 6.62. The van der Waals surface area contributed by atoms with E-state index in [-0.39, 0.29) is 16.9 Å². The van der Waals surface area contributed by atoms with Gasteiger partial charge in [-0.3, -0.25) is 9.71 Å². The van der Waals surface area contributed by atoms with Crippen molar-refractivity contribution in [3.05, 3.63) is 12.7 Å². The number of nitrogens with zero attached hydrogens (tertiary/aromatic N) is 2. The standard InChI is InChI=1S/C24H45FN4OS/c1-4-5-6-7-8-9-20(18-26)10-11-21(16-24(2)17-22(24)25)30-15-13-28-31-23-12-14-29(3)19-27-23/h4,19-23,28H,1,5-18,26H2,2-3H3/t20?,21-,22+,23+,24-/m1/s1. The normalized spacial score (nSPS) is 27.3. The van der Waals surface area contributed by atoms with Gasteiger partial charge in [-0.1, -0.05) is 37.8 Å². The van der Waals surface area contributed by atoms with Crippen LogP contribution in [0.5, 0.6) is 0 Å². The first-order valence-electron chi connectivity index (χ1n) is 12.2. The first-order chi connectivity index (χ1) is 15.0. The first-order valence-corrected chi connectivity index (χ1v) is 13.0. The van der Waals surface area contributed by atoms with Crippen molar-refractivity contribution in [2.75, 3.05) is 33.3 Å². The minimum Gasteiger partial charge on any atom is -0.377 e. The van der Waals surface area contributed by atoms with Crippen molar-refractivity contribution < 1.29 is 9.13 Å². The highest BCUT2D eigenvalue weighted by atomic mass is 32.2. The SMILES string of the molecule is C=CCCCCCC(CN)CC[C@H](C[C@]1(C)C[C@@H]1F)OCCNS[C@H]1CCN(C)C=N1. The topological polar surface area (TPSA) is 62.9 Å². The summed E-state index contributed by atoms with van der Waals surface area (Å²) >= 11 is 1.68. The van der Waals surface area contributed by atoms with Gasteiger partial charge in [0.15, 0.2) is 0 Å². The van der Waals surface area contributed by atoms with Crippen LogP contribution in [-0.2, 0) is 4.74 Å². The molecule has 1 aliphatic carbocycles. The van der Waals surface area contributed by atoms with Crippen LogP contribution in [0.1, 0.15) is 71.1 Å². The molecule has 31 heavy (non-hydrogen) atoms. The molecule has 1 fully saturated rings. The van der Waals surface area contributed by atoms with Gasteiger partial charge in [0.25, 0.3) is 0 Å². The van der Waals surface area contributed by atoms with Crippen molar-refractivity contribution in [2.24, 2.45) is 22.1 Å². The lowest BCUT2D eigenvalue weighted by molar-refractivity contribution is 0.0258. The molecule has 5 atom stereocenters. The van der Waals surface area contributed by atoms with Gasteiger partial charge in [0.05, 0.1) is 19.0 Å². The van der Waals surface area contributed by atoms with Crippen molar-refractivity contribution in [3.8, 4) is 0 Å². The van der Waals surface area contributed by atoms with E-state index in [0.717, 1.165) is 51.7 Å². The number of hydrogen-bond acceptors (Lipinski definition) is 6. The summed E-state index contributed by atoms with van der Waals surface area (Å²) in [6.07, 6.45) is 13.9. The fourth-order valence-electron chi connectivity index (χ4n) is 4.17. The average molecular weight is 457 g/mol. The van der Waals surface area contributed by atoms with E-state index < -0.39 is 6.17 Å².